The molecule has 4 heteroatoms. The molecule has 1 aliphatic rings. The van der Waals surface area contributed by atoms with E-state index in [4.69, 9.17) is 14.2 Å². The lowest BCUT2D eigenvalue weighted by Gasteiger charge is -2.40. The second-order valence-electron chi connectivity index (χ2n) is 6.37. The van der Waals surface area contributed by atoms with Crippen molar-refractivity contribution < 1.29 is 14.2 Å². The van der Waals surface area contributed by atoms with Gasteiger partial charge in [-0.15, -0.1) is 0 Å². The normalized spacial score (nSPS) is 27.1. The van der Waals surface area contributed by atoms with Crippen LogP contribution >= 0.6 is 0 Å². The van der Waals surface area contributed by atoms with Gasteiger partial charge in [0.05, 0.1) is 32.0 Å². The van der Waals surface area contributed by atoms with Crippen molar-refractivity contribution >= 4 is 0 Å². The van der Waals surface area contributed by atoms with Crippen molar-refractivity contribution in [3.8, 4) is 0 Å². The summed E-state index contributed by atoms with van der Waals surface area (Å²) in [5, 5.41) is 3.55. The first-order valence-corrected chi connectivity index (χ1v) is 8.02. The van der Waals surface area contributed by atoms with Crippen LogP contribution in [0.2, 0.25) is 0 Å². The summed E-state index contributed by atoms with van der Waals surface area (Å²) in [4.78, 5) is 0. The molecule has 0 aliphatic heterocycles. The van der Waals surface area contributed by atoms with Gasteiger partial charge < -0.3 is 19.5 Å². The molecule has 1 fully saturated rings. The molecule has 1 aliphatic carbocycles. The molecular weight excluding hydrogens is 254 g/mol. The molecule has 1 N–H and O–H groups in total. The molecule has 0 radical (unpaired) electrons. The second-order valence-corrected chi connectivity index (χ2v) is 6.37. The van der Waals surface area contributed by atoms with E-state index in [1.807, 2.05) is 0 Å². The molecule has 0 aromatic carbocycles. The van der Waals surface area contributed by atoms with Gasteiger partial charge in [0.1, 0.15) is 0 Å². The highest BCUT2D eigenvalue weighted by Crippen LogP contribution is 2.34. The zero-order chi connectivity index (χ0) is 14.8. The van der Waals surface area contributed by atoms with Gasteiger partial charge in [0.2, 0.25) is 0 Å². The summed E-state index contributed by atoms with van der Waals surface area (Å²) < 4.78 is 16.7. The summed E-state index contributed by atoms with van der Waals surface area (Å²) in [6.07, 6.45) is 4.92. The van der Waals surface area contributed by atoms with E-state index in [0.29, 0.717) is 32.5 Å². The van der Waals surface area contributed by atoms with E-state index >= 15 is 0 Å². The first-order chi connectivity index (χ1) is 9.58. The third kappa shape index (κ3) is 7.02. The summed E-state index contributed by atoms with van der Waals surface area (Å²) in [6.45, 7) is 10.3. The molecule has 0 heterocycles. The largest absolute Gasteiger partial charge is 0.382 e. The number of rotatable bonds is 10. The zero-order valence-electron chi connectivity index (χ0n) is 13.7. The molecule has 1 rings (SSSR count). The summed E-state index contributed by atoms with van der Waals surface area (Å²) in [6, 6.07) is 0.505. The Morgan fingerprint density at radius 3 is 2.60 bits per heavy atom. The van der Waals surface area contributed by atoms with Gasteiger partial charge in [0.25, 0.3) is 0 Å². The van der Waals surface area contributed by atoms with Crippen LogP contribution < -0.4 is 5.32 Å². The van der Waals surface area contributed by atoms with Crippen LogP contribution in [-0.4, -0.2) is 51.7 Å². The van der Waals surface area contributed by atoms with Crippen molar-refractivity contribution in [2.24, 2.45) is 5.92 Å². The topological polar surface area (TPSA) is 39.7 Å². The van der Waals surface area contributed by atoms with Crippen LogP contribution in [0.5, 0.6) is 0 Å². The van der Waals surface area contributed by atoms with Gasteiger partial charge in [-0.2, -0.15) is 0 Å². The minimum absolute atomic E-state index is 0.00650. The van der Waals surface area contributed by atoms with Crippen molar-refractivity contribution in [1.29, 1.82) is 0 Å². The second kappa shape index (κ2) is 9.72. The number of hydrogen-bond donors (Lipinski definition) is 1. The molecule has 1 saturated carbocycles. The molecule has 20 heavy (non-hydrogen) atoms. The SMILES string of the molecule is COCCOCCOC1(CNC(C)C)CCCC(C)C1. The fourth-order valence-electron chi connectivity index (χ4n) is 2.91. The van der Waals surface area contributed by atoms with Crippen molar-refractivity contribution in [1.82, 2.24) is 5.32 Å². The minimum atomic E-state index is 0.00650. The van der Waals surface area contributed by atoms with E-state index in [9.17, 15) is 0 Å². The maximum atomic E-state index is 6.24. The molecule has 4 nitrogen and oxygen atoms in total. The third-order valence-corrected chi connectivity index (χ3v) is 3.95. The summed E-state index contributed by atoms with van der Waals surface area (Å²) in [5.41, 5.74) is 0.00650. The Morgan fingerprint density at radius 1 is 1.20 bits per heavy atom. The van der Waals surface area contributed by atoms with Crippen molar-refractivity contribution in [2.75, 3.05) is 40.1 Å². The van der Waals surface area contributed by atoms with Crippen LogP contribution in [0.4, 0.5) is 0 Å². The van der Waals surface area contributed by atoms with Crippen LogP contribution in [0.25, 0.3) is 0 Å². The van der Waals surface area contributed by atoms with E-state index in [2.05, 4.69) is 26.1 Å². The number of nitrogens with one attached hydrogen (secondary N) is 1. The Kier molecular flexibility index (Phi) is 8.69. The molecule has 2 atom stereocenters. The lowest BCUT2D eigenvalue weighted by Crippen LogP contribution is -2.48. The molecule has 0 spiro atoms. The molecule has 0 saturated heterocycles. The van der Waals surface area contributed by atoms with Crippen LogP contribution in [0.1, 0.15) is 46.5 Å². The van der Waals surface area contributed by atoms with Gasteiger partial charge in [-0.1, -0.05) is 33.6 Å². The van der Waals surface area contributed by atoms with E-state index in [0.717, 1.165) is 25.3 Å². The van der Waals surface area contributed by atoms with Gasteiger partial charge >= 0.3 is 0 Å². The van der Waals surface area contributed by atoms with Crippen molar-refractivity contribution in [3.63, 3.8) is 0 Å². The van der Waals surface area contributed by atoms with Crippen LogP contribution in [0.3, 0.4) is 0 Å². The number of ether oxygens (including phenoxy) is 3. The third-order valence-electron chi connectivity index (χ3n) is 3.95. The molecule has 2 unspecified atom stereocenters. The first-order valence-electron chi connectivity index (χ1n) is 8.02. The van der Waals surface area contributed by atoms with Crippen LogP contribution in [-0.2, 0) is 14.2 Å². The van der Waals surface area contributed by atoms with Crippen molar-refractivity contribution in [3.05, 3.63) is 0 Å². The summed E-state index contributed by atoms with van der Waals surface area (Å²) >= 11 is 0. The van der Waals surface area contributed by atoms with Gasteiger partial charge in [-0.25, -0.2) is 0 Å². The summed E-state index contributed by atoms with van der Waals surface area (Å²) in [7, 11) is 1.69. The summed E-state index contributed by atoms with van der Waals surface area (Å²) in [5.74, 6) is 0.757. The van der Waals surface area contributed by atoms with Gasteiger partial charge in [-0.3, -0.25) is 0 Å². The van der Waals surface area contributed by atoms with E-state index < -0.39 is 0 Å². The molecule has 0 bridgehead atoms. The highest BCUT2D eigenvalue weighted by atomic mass is 16.5. The predicted octanol–water partition coefficient (Wildman–Crippen LogP) is 2.61. The molecule has 0 aromatic heterocycles. The molecular formula is C16H33NO3. The average Bonchev–Trinajstić information content (AvgIpc) is 2.41. The predicted molar refractivity (Wildman–Crippen MR) is 82.1 cm³/mol. The molecule has 120 valence electrons. The van der Waals surface area contributed by atoms with Crippen molar-refractivity contribution in [2.45, 2.75) is 58.1 Å². The average molecular weight is 287 g/mol. The van der Waals surface area contributed by atoms with Gasteiger partial charge in [0.15, 0.2) is 0 Å². The van der Waals surface area contributed by atoms with E-state index in [1.54, 1.807) is 7.11 Å². The Labute approximate surface area is 124 Å². The Bertz CT molecular complexity index is 248. The molecule has 0 aromatic rings. The standard InChI is InChI=1S/C16H33NO3/c1-14(2)17-13-16(7-5-6-15(3)12-16)20-11-10-19-9-8-18-4/h14-15,17H,5-13H2,1-4H3. The quantitative estimate of drug-likeness (QED) is 0.627. The maximum absolute atomic E-state index is 6.24. The lowest BCUT2D eigenvalue weighted by molar-refractivity contribution is -0.0976. The highest BCUT2D eigenvalue weighted by molar-refractivity contribution is 4.89. The molecule has 0 amide bonds. The van der Waals surface area contributed by atoms with Crippen LogP contribution in [0.15, 0.2) is 0 Å². The monoisotopic (exact) mass is 287 g/mol. The highest BCUT2D eigenvalue weighted by Gasteiger charge is 2.35. The zero-order valence-corrected chi connectivity index (χ0v) is 13.7. The number of hydrogen-bond acceptors (Lipinski definition) is 4. The maximum Gasteiger partial charge on any atom is 0.0810 e. The van der Waals surface area contributed by atoms with E-state index in [-0.39, 0.29) is 5.60 Å². The van der Waals surface area contributed by atoms with Gasteiger partial charge in [-0.05, 0) is 18.8 Å². The van der Waals surface area contributed by atoms with E-state index in [1.165, 1.54) is 12.8 Å². The first kappa shape index (κ1) is 17.9. The van der Waals surface area contributed by atoms with Gasteiger partial charge in [0, 0.05) is 19.7 Å². The minimum Gasteiger partial charge on any atom is -0.382 e. The Balaban J connectivity index is 2.34. The fourth-order valence-corrected chi connectivity index (χ4v) is 2.91. The number of methoxy groups -OCH3 is 1. The Hall–Kier alpha value is -0.160. The lowest BCUT2D eigenvalue weighted by atomic mass is 9.78. The smallest absolute Gasteiger partial charge is 0.0810 e. The fraction of sp³-hybridized carbons (Fsp3) is 1.00. The van der Waals surface area contributed by atoms with Crippen LogP contribution in [0, 0.1) is 5.92 Å². The Morgan fingerprint density at radius 2 is 1.95 bits per heavy atom.